The molecular weight excluding hydrogens is 354 g/mol. The summed E-state index contributed by atoms with van der Waals surface area (Å²) in [6, 6.07) is 11.5. The van der Waals surface area contributed by atoms with Crippen LogP contribution in [0.1, 0.15) is 35.1 Å². The number of aromatic nitrogens is 1. The number of carbonyl (C=O) groups excluding carboxylic acids is 2. The van der Waals surface area contributed by atoms with E-state index in [-0.39, 0.29) is 17.9 Å². The van der Waals surface area contributed by atoms with Crippen LogP contribution in [0.15, 0.2) is 47.2 Å². The van der Waals surface area contributed by atoms with Gasteiger partial charge < -0.3 is 5.32 Å². The van der Waals surface area contributed by atoms with Crippen LogP contribution >= 0.6 is 22.7 Å². The first-order chi connectivity index (χ1) is 12.0. The highest BCUT2D eigenvalue weighted by Crippen LogP contribution is 2.26. The van der Waals surface area contributed by atoms with Crippen LogP contribution in [-0.4, -0.2) is 16.8 Å². The molecule has 3 aromatic rings. The van der Waals surface area contributed by atoms with E-state index < -0.39 is 0 Å². The van der Waals surface area contributed by atoms with Gasteiger partial charge in [-0.1, -0.05) is 30.3 Å². The van der Waals surface area contributed by atoms with Crippen LogP contribution in [-0.2, 0) is 4.79 Å². The largest absolute Gasteiger partial charge is 0.350 e. The van der Waals surface area contributed by atoms with Gasteiger partial charge in [0.1, 0.15) is 0 Å². The van der Waals surface area contributed by atoms with E-state index in [0.717, 1.165) is 16.8 Å². The second-order valence-electron chi connectivity index (χ2n) is 5.51. The summed E-state index contributed by atoms with van der Waals surface area (Å²) in [5, 5.41) is 10.0. The molecule has 0 saturated carbocycles. The molecule has 0 saturated heterocycles. The van der Waals surface area contributed by atoms with E-state index in [4.69, 9.17) is 0 Å². The summed E-state index contributed by atoms with van der Waals surface area (Å²) in [6.07, 6.45) is 0. The summed E-state index contributed by atoms with van der Waals surface area (Å²) in [5.74, 6) is -0.197. The van der Waals surface area contributed by atoms with Crippen molar-refractivity contribution in [2.24, 2.45) is 0 Å². The maximum Gasteiger partial charge on any atom is 0.267 e. The van der Waals surface area contributed by atoms with Crippen molar-refractivity contribution in [2.75, 3.05) is 5.32 Å². The fourth-order valence-electron chi connectivity index (χ4n) is 2.36. The normalized spacial score (nSPS) is 11.8. The first kappa shape index (κ1) is 17.3. The topological polar surface area (TPSA) is 71.1 Å². The molecule has 5 nitrogen and oxygen atoms in total. The van der Waals surface area contributed by atoms with Gasteiger partial charge in [0.2, 0.25) is 5.91 Å². The maximum atomic E-state index is 12.1. The maximum absolute atomic E-state index is 12.1. The number of hydrogen-bond acceptors (Lipinski definition) is 5. The Morgan fingerprint density at radius 2 is 1.88 bits per heavy atom. The number of rotatable bonds is 5. The number of amides is 2. The number of thiophene rings is 1. The molecule has 0 spiro atoms. The van der Waals surface area contributed by atoms with Crippen molar-refractivity contribution >= 4 is 39.6 Å². The lowest BCUT2D eigenvalue weighted by molar-refractivity contribution is -0.119. The average Bonchev–Trinajstić information content (AvgIpc) is 3.26. The van der Waals surface area contributed by atoms with Crippen molar-refractivity contribution in [3.05, 3.63) is 57.6 Å². The smallest absolute Gasteiger partial charge is 0.267 e. The molecule has 2 heterocycles. The molecule has 3 rings (SSSR count). The minimum Gasteiger partial charge on any atom is -0.350 e. The van der Waals surface area contributed by atoms with Crippen LogP contribution in [0, 0.1) is 0 Å². The summed E-state index contributed by atoms with van der Waals surface area (Å²) < 4.78 is 0. The van der Waals surface area contributed by atoms with Gasteiger partial charge in [-0.2, -0.15) is 0 Å². The summed E-state index contributed by atoms with van der Waals surface area (Å²) in [5.41, 5.74) is 2.80. The molecule has 0 radical (unpaired) electrons. The van der Waals surface area contributed by atoms with E-state index in [0.29, 0.717) is 10.0 Å². The van der Waals surface area contributed by atoms with Crippen molar-refractivity contribution < 1.29 is 9.59 Å². The molecule has 128 valence electrons. The van der Waals surface area contributed by atoms with E-state index in [2.05, 4.69) is 15.6 Å². The van der Waals surface area contributed by atoms with Gasteiger partial charge in [0.15, 0.2) is 5.13 Å². The minimum atomic E-state index is -0.143. The van der Waals surface area contributed by atoms with Crippen molar-refractivity contribution in [3.8, 4) is 11.3 Å². The molecule has 2 amide bonds. The van der Waals surface area contributed by atoms with Gasteiger partial charge in [-0.3, -0.25) is 14.9 Å². The van der Waals surface area contributed by atoms with Gasteiger partial charge in [-0.05, 0) is 23.9 Å². The van der Waals surface area contributed by atoms with Gasteiger partial charge in [-0.15, -0.1) is 22.7 Å². The molecule has 25 heavy (non-hydrogen) atoms. The molecule has 1 unspecified atom stereocenters. The zero-order chi connectivity index (χ0) is 17.8. The van der Waals surface area contributed by atoms with Gasteiger partial charge in [-0.25, -0.2) is 4.98 Å². The van der Waals surface area contributed by atoms with Crippen LogP contribution < -0.4 is 10.6 Å². The van der Waals surface area contributed by atoms with Gasteiger partial charge in [0.05, 0.1) is 16.6 Å². The lowest BCUT2D eigenvalue weighted by Crippen LogP contribution is -2.23. The molecule has 1 aromatic carbocycles. The van der Waals surface area contributed by atoms with Crippen LogP contribution in [0.5, 0.6) is 0 Å². The molecule has 0 bridgehead atoms. The van der Waals surface area contributed by atoms with Gasteiger partial charge in [0, 0.05) is 17.9 Å². The average molecular weight is 371 g/mol. The molecule has 7 heteroatoms. The summed E-state index contributed by atoms with van der Waals surface area (Å²) in [4.78, 5) is 28.3. The fraction of sp³-hybridized carbons (Fsp3) is 0.167. The molecule has 0 aliphatic heterocycles. The van der Waals surface area contributed by atoms with Crippen LogP contribution in [0.4, 0.5) is 5.13 Å². The van der Waals surface area contributed by atoms with E-state index in [1.54, 1.807) is 6.07 Å². The Bertz CT molecular complexity index is 870. The van der Waals surface area contributed by atoms with Crippen molar-refractivity contribution in [3.63, 3.8) is 0 Å². The highest BCUT2D eigenvalue weighted by molar-refractivity contribution is 7.14. The number of carbonyl (C=O) groups is 2. The van der Waals surface area contributed by atoms with Gasteiger partial charge in [0.25, 0.3) is 5.91 Å². The third kappa shape index (κ3) is 4.32. The third-order valence-electron chi connectivity index (χ3n) is 3.60. The fourth-order valence-corrected chi connectivity index (χ4v) is 3.69. The Balaban J connectivity index is 1.69. The number of anilines is 1. The standard InChI is InChI=1S/C18H17N3O2S2/c1-11(19-12(2)22)13-5-7-14(8-6-13)15-10-25-18(20-15)21-17(23)16-4-3-9-24-16/h3-11H,1-2H3,(H,19,22)(H,20,21,23). The molecular formula is C18H17N3O2S2. The number of benzene rings is 1. The summed E-state index contributed by atoms with van der Waals surface area (Å²) >= 11 is 2.79. The Morgan fingerprint density at radius 3 is 2.52 bits per heavy atom. The zero-order valence-electron chi connectivity index (χ0n) is 13.8. The number of nitrogens with zero attached hydrogens (tertiary/aromatic N) is 1. The van der Waals surface area contributed by atoms with Crippen LogP contribution in [0.25, 0.3) is 11.3 Å². The molecule has 0 aliphatic carbocycles. The Labute approximate surface area is 153 Å². The van der Waals surface area contributed by atoms with E-state index in [1.807, 2.05) is 48.0 Å². The SMILES string of the molecule is CC(=O)NC(C)c1ccc(-c2csc(NC(=O)c3cccs3)n2)cc1. The molecule has 2 N–H and O–H groups in total. The van der Waals surface area contributed by atoms with Crippen molar-refractivity contribution in [2.45, 2.75) is 19.9 Å². The van der Waals surface area contributed by atoms with Crippen molar-refractivity contribution in [1.29, 1.82) is 0 Å². The summed E-state index contributed by atoms with van der Waals surface area (Å²) in [6.45, 7) is 3.45. The lowest BCUT2D eigenvalue weighted by atomic mass is 10.1. The van der Waals surface area contributed by atoms with E-state index in [9.17, 15) is 9.59 Å². The van der Waals surface area contributed by atoms with Gasteiger partial charge >= 0.3 is 0 Å². The van der Waals surface area contributed by atoms with Crippen molar-refractivity contribution in [1.82, 2.24) is 10.3 Å². The van der Waals surface area contributed by atoms with Crippen LogP contribution in [0.2, 0.25) is 0 Å². The molecule has 0 aliphatic rings. The monoisotopic (exact) mass is 371 g/mol. The second kappa shape index (κ2) is 7.58. The predicted molar refractivity (Wildman–Crippen MR) is 102 cm³/mol. The second-order valence-corrected chi connectivity index (χ2v) is 7.32. The number of hydrogen-bond donors (Lipinski definition) is 2. The Morgan fingerprint density at radius 1 is 1.12 bits per heavy atom. The third-order valence-corrected chi connectivity index (χ3v) is 5.22. The van der Waals surface area contributed by atoms with E-state index >= 15 is 0 Å². The minimum absolute atomic E-state index is 0.0392. The Kier molecular flexibility index (Phi) is 5.25. The quantitative estimate of drug-likeness (QED) is 0.701. The highest BCUT2D eigenvalue weighted by atomic mass is 32.1. The highest BCUT2D eigenvalue weighted by Gasteiger charge is 2.11. The van der Waals surface area contributed by atoms with Crippen LogP contribution in [0.3, 0.4) is 0 Å². The predicted octanol–water partition coefficient (Wildman–Crippen LogP) is 4.32. The number of nitrogens with one attached hydrogen (secondary N) is 2. The zero-order valence-corrected chi connectivity index (χ0v) is 15.4. The van der Waals surface area contributed by atoms with E-state index in [1.165, 1.54) is 29.6 Å². The molecule has 1 atom stereocenters. The molecule has 0 fully saturated rings. The molecule has 2 aromatic heterocycles. The number of thiazole rings is 1. The first-order valence-electron chi connectivity index (χ1n) is 7.71. The summed E-state index contributed by atoms with van der Waals surface area (Å²) in [7, 11) is 0. The lowest BCUT2D eigenvalue weighted by Gasteiger charge is -2.12. The first-order valence-corrected chi connectivity index (χ1v) is 9.46. The Hall–Kier alpha value is -2.51.